The highest BCUT2D eigenvalue weighted by molar-refractivity contribution is 6.30. The van der Waals surface area contributed by atoms with Crippen molar-refractivity contribution in [1.82, 2.24) is 9.38 Å². The van der Waals surface area contributed by atoms with Gasteiger partial charge in [0.15, 0.2) is 0 Å². The fourth-order valence-electron chi connectivity index (χ4n) is 2.03. The first-order chi connectivity index (χ1) is 7.67. The number of halogens is 1. The Bertz CT molecular complexity index is 500. The Morgan fingerprint density at radius 1 is 1.38 bits per heavy atom. The maximum Gasteiger partial charge on any atom is 0.138 e. The molecule has 0 aromatic carbocycles. The molecular weight excluding hydrogens is 222 g/mol. The molecule has 0 aliphatic rings. The first kappa shape index (κ1) is 11.3. The lowest BCUT2D eigenvalue weighted by Gasteiger charge is -2.09. The third-order valence-corrected chi connectivity index (χ3v) is 3.24. The van der Waals surface area contributed by atoms with Crippen LogP contribution in [0.1, 0.15) is 38.3 Å². The van der Waals surface area contributed by atoms with E-state index in [2.05, 4.69) is 18.8 Å². The molecule has 0 fully saturated rings. The quantitative estimate of drug-likeness (QED) is 0.888. The van der Waals surface area contributed by atoms with Crippen LogP contribution in [-0.4, -0.2) is 9.38 Å². The first-order valence-corrected chi connectivity index (χ1v) is 5.98. The number of nitrogen functional groups attached to an aromatic ring is 1. The lowest BCUT2D eigenvalue weighted by atomic mass is 10.00. The third kappa shape index (κ3) is 1.76. The predicted octanol–water partition coefficient (Wildman–Crippen LogP) is 3.47. The van der Waals surface area contributed by atoms with Gasteiger partial charge in [0.1, 0.15) is 11.5 Å². The van der Waals surface area contributed by atoms with E-state index < -0.39 is 0 Å². The Labute approximate surface area is 100 Å². The summed E-state index contributed by atoms with van der Waals surface area (Å²) in [5, 5.41) is 0.674. The van der Waals surface area contributed by atoms with Gasteiger partial charge < -0.3 is 5.73 Å². The van der Waals surface area contributed by atoms with Crippen molar-refractivity contribution in [3.8, 4) is 0 Å². The maximum atomic E-state index is 6.10. The molecule has 0 atom stereocenters. The molecule has 16 heavy (non-hydrogen) atoms. The summed E-state index contributed by atoms with van der Waals surface area (Å²) in [6, 6.07) is 3.73. The van der Waals surface area contributed by atoms with E-state index in [1.54, 1.807) is 0 Å². The fraction of sp³-hybridized carbons (Fsp3) is 0.417. The average Bonchev–Trinajstić information content (AvgIpc) is 2.59. The first-order valence-electron chi connectivity index (χ1n) is 5.60. The Hall–Kier alpha value is -1.22. The number of aromatic nitrogens is 2. The largest absolute Gasteiger partial charge is 0.383 e. The summed E-state index contributed by atoms with van der Waals surface area (Å²) in [7, 11) is 0. The summed E-state index contributed by atoms with van der Waals surface area (Å²) < 4.78 is 1.86. The van der Waals surface area contributed by atoms with Gasteiger partial charge in [-0.25, -0.2) is 4.98 Å². The molecule has 4 heteroatoms. The van der Waals surface area contributed by atoms with E-state index in [1.165, 1.54) is 0 Å². The topological polar surface area (TPSA) is 43.3 Å². The minimum atomic E-state index is 0.429. The minimum Gasteiger partial charge on any atom is -0.383 e. The van der Waals surface area contributed by atoms with Crippen molar-refractivity contribution in [3.05, 3.63) is 29.0 Å². The van der Waals surface area contributed by atoms with Crippen LogP contribution in [0, 0.1) is 0 Å². The fourth-order valence-corrected chi connectivity index (χ4v) is 2.19. The van der Waals surface area contributed by atoms with Gasteiger partial charge in [-0.05, 0) is 25.0 Å². The second-order valence-electron chi connectivity index (χ2n) is 3.97. The summed E-state index contributed by atoms with van der Waals surface area (Å²) >= 11 is 5.94. The molecule has 0 saturated carbocycles. The second-order valence-corrected chi connectivity index (χ2v) is 4.41. The van der Waals surface area contributed by atoms with E-state index in [1.807, 2.05) is 22.7 Å². The molecule has 3 nitrogen and oxygen atoms in total. The summed E-state index contributed by atoms with van der Waals surface area (Å²) in [5.74, 6) is 1.14. The molecule has 0 aliphatic heterocycles. The normalized spacial score (nSPS) is 11.5. The SMILES string of the molecule is CCC(CC)c1nc2ccc(Cl)cn2c1N. The van der Waals surface area contributed by atoms with E-state index in [0.717, 1.165) is 24.2 Å². The molecule has 0 amide bonds. The van der Waals surface area contributed by atoms with Gasteiger partial charge in [0, 0.05) is 12.1 Å². The highest BCUT2D eigenvalue weighted by Gasteiger charge is 2.16. The van der Waals surface area contributed by atoms with Gasteiger partial charge in [-0.1, -0.05) is 25.4 Å². The van der Waals surface area contributed by atoms with Crippen LogP contribution in [0.15, 0.2) is 18.3 Å². The van der Waals surface area contributed by atoms with E-state index in [4.69, 9.17) is 17.3 Å². The molecule has 0 unspecified atom stereocenters. The van der Waals surface area contributed by atoms with Crippen molar-refractivity contribution in [2.24, 2.45) is 0 Å². The van der Waals surface area contributed by atoms with Crippen molar-refractivity contribution in [1.29, 1.82) is 0 Å². The number of pyridine rings is 1. The number of hydrogen-bond donors (Lipinski definition) is 1. The summed E-state index contributed by atoms with van der Waals surface area (Å²) in [6.45, 7) is 4.31. The molecule has 0 aliphatic carbocycles. The number of nitrogens with two attached hydrogens (primary N) is 1. The van der Waals surface area contributed by atoms with Crippen LogP contribution < -0.4 is 5.73 Å². The van der Waals surface area contributed by atoms with Gasteiger partial charge >= 0.3 is 0 Å². The lowest BCUT2D eigenvalue weighted by Crippen LogP contribution is -2.01. The molecule has 2 aromatic heterocycles. The van der Waals surface area contributed by atoms with E-state index in [0.29, 0.717) is 16.8 Å². The standard InChI is InChI=1S/C12H16ClN3/c1-3-8(4-2)11-12(14)16-7-9(13)5-6-10(16)15-11/h5-8H,3-4,14H2,1-2H3. The Balaban J connectivity index is 2.59. The molecule has 0 spiro atoms. The zero-order valence-corrected chi connectivity index (χ0v) is 10.3. The maximum absolute atomic E-state index is 6.10. The molecule has 2 rings (SSSR count). The highest BCUT2D eigenvalue weighted by atomic mass is 35.5. The molecular formula is C12H16ClN3. The van der Waals surface area contributed by atoms with E-state index >= 15 is 0 Å². The van der Waals surface area contributed by atoms with Gasteiger partial charge in [-0.2, -0.15) is 0 Å². The number of imidazole rings is 1. The van der Waals surface area contributed by atoms with Crippen LogP contribution >= 0.6 is 11.6 Å². The van der Waals surface area contributed by atoms with Crippen LogP contribution in [-0.2, 0) is 0 Å². The van der Waals surface area contributed by atoms with Crippen LogP contribution in [0.2, 0.25) is 5.02 Å². The number of fused-ring (bicyclic) bond motifs is 1. The van der Waals surface area contributed by atoms with Crippen LogP contribution in [0.4, 0.5) is 5.82 Å². The Morgan fingerprint density at radius 2 is 2.06 bits per heavy atom. The predicted molar refractivity (Wildman–Crippen MR) is 67.9 cm³/mol. The highest BCUT2D eigenvalue weighted by Crippen LogP contribution is 2.28. The molecule has 0 radical (unpaired) electrons. The summed E-state index contributed by atoms with van der Waals surface area (Å²) in [4.78, 5) is 4.57. The van der Waals surface area contributed by atoms with Gasteiger partial charge in [0.05, 0.1) is 10.7 Å². The van der Waals surface area contributed by atoms with Gasteiger partial charge in [0.2, 0.25) is 0 Å². The van der Waals surface area contributed by atoms with E-state index in [-0.39, 0.29) is 0 Å². The molecule has 86 valence electrons. The minimum absolute atomic E-state index is 0.429. The second kappa shape index (κ2) is 4.34. The summed E-state index contributed by atoms with van der Waals surface area (Å²) in [5.41, 5.74) is 7.96. The molecule has 0 bridgehead atoms. The Morgan fingerprint density at radius 3 is 2.69 bits per heavy atom. The number of hydrogen-bond acceptors (Lipinski definition) is 2. The monoisotopic (exact) mass is 237 g/mol. The number of nitrogens with zero attached hydrogens (tertiary/aromatic N) is 2. The van der Waals surface area contributed by atoms with E-state index in [9.17, 15) is 0 Å². The zero-order valence-electron chi connectivity index (χ0n) is 9.57. The van der Waals surface area contributed by atoms with Crippen molar-refractivity contribution in [2.45, 2.75) is 32.6 Å². The van der Waals surface area contributed by atoms with Crippen LogP contribution in [0.25, 0.3) is 5.65 Å². The number of rotatable bonds is 3. The average molecular weight is 238 g/mol. The smallest absolute Gasteiger partial charge is 0.138 e. The van der Waals surface area contributed by atoms with Gasteiger partial charge in [-0.3, -0.25) is 4.40 Å². The van der Waals surface area contributed by atoms with Crippen LogP contribution in [0.5, 0.6) is 0 Å². The molecule has 2 heterocycles. The van der Waals surface area contributed by atoms with Crippen molar-refractivity contribution >= 4 is 23.1 Å². The molecule has 2 aromatic rings. The summed E-state index contributed by atoms with van der Waals surface area (Å²) in [6.07, 6.45) is 3.92. The third-order valence-electron chi connectivity index (χ3n) is 3.02. The van der Waals surface area contributed by atoms with Gasteiger partial charge in [-0.15, -0.1) is 0 Å². The molecule has 0 saturated heterocycles. The Kier molecular flexibility index (Phi) is 3.06. The molecule has 2 N–H and O–H groups in total. The zero-order chi connectivity index (χ0) is 11.7. The van der Waals surface area contributed by atoms with Crippen LogP contribution in [0.3, 0.4) is 0 Å². The van der Waals surface area contributed by atoms with Gasteiger partial charge in [0.25, 0.3) is 0 Å². The van der Waals surface area contributed by atoms with Crippen molar-refractivity contribution in [2.75, 3.05) is 5.73 Å². The lowest BCUT2D eigenvalue weighted by molar-refractivity contribution is 0.629. The van der Waals surface area contributed by atoms with Crippen molar-refractivity contribution < 1.29 is 0 Å². The number of anilines is 1. The van der Waals surface area contributed by atoms with Crippen molar-refractivity contribution in [3.63, 3.8) is 0 Å².